The van der Waals surface area contributed by atoms with E-state index in [9.17, 15) is 4.79 Å². The minimum atomic E-state index is -0.677. The highest BCUT2D eigenvalue weighted by atomic mass is 16.7. The fraction of sp³-hybridized carbons (Fsp3) is 0.308. The molecule has 0 N–H and O–H groups in total. The van der Waals surface area contributed by atoms with Crippen LogP contribution in [0.4, 0.5) is 4.79 Å². The third-order valence-corrected chi connectivity index (χ3v) is 1.90. The number of hydrogen-bond acceptors (Lipinski definition) is 3. The van der Waals surface area contributed by atoms with E-state index >= 15 is 0 Å². The molecule has 0 saturated carbocycles. The van der Waals surface area contributed by atoms with Gasteiger partial charge in [-0.1, -0.05) is 36.9 Å². The van der Waals surface area contributed by atoms with Gasteiger partial charge in [-0.2, -0.15) is 0 Å². The topological polar surface area (TPSA) is 35.5 Å². The van der Waals surface area contributed by atoms with Gasteiger partial charge in [0, 0.05) is 0 Å². The smallest absolute Gasteiger partial charge is 0.432 e. The van der Waals surface area contributed by atoms with Gasteiger partial charge in [0.25, 0.3) is 0 Å². The summed E-state index contributed by atoms with van der Waals surface area (Å²) in [5, 5.41) is 0. The van der Waals surface area contributed by atoms with Crippen molar-refractivity contribution in [3.63, 3.8) is 0 Å². The predicted octanol–water partition coefficient (Wildman–Crippen LogP) is 3.48. The monoisotopic (exact) mass is 220 g/mol. The van der Waals surface area contributed by atoms with E-state index in [4.69, 9.17) is 9.47 Å². The van der Waals surface area contributed by atoms with Crippen molar-refractivity contribution in [3.05, 3.63) is 48.6 Å². The van der Waals surface area contributed by atoms with Gasteiger partial charge in [0.1, 0.15) is 6.10 Å². The lowest BCUT2D eigenvalue weighted by molar-refractivity contribution is 0.0185. The van der Waals surface area contributed by atoms with Crippen LogP contribution < -0.4 is 0 Å². The Balaban J connectivity index is 2.63. The first kappa shape index (κ1) is 12.3. The van der Waals surface area contributed by atoms with E-state index in [0.717, 1.165) is 5.56 Å². The van der Waals surface area contributed by atoms with Gasteiger partial charge in [-0.25, -0.2) is 4.79 Å². The van der Waals surface area contributed by atoms with Crippen molar-refractivity contribution in [2.45, 2.75) is 26.1 Å². The maximum atomic E-state index is 11.3. The van der Waals surface area contributed by atoms with Crippen molar-refractivity contribution in [1.82, 2.24) is 0 Å². The highest BCUT2D eigenvalue weighted by molar-refractivity contribution is 5.60. The summed E-state index contributed by atoms with van der Waals surface area (Å²) in [6, 6.07) is 9.39. The number of hydrogen-bond donors (Lipinski definition) is 0. The molecule has 3 heteroatoms. The van der Waals surface area contributed by atoms with E-state index < -0.39 is 12.3 Å². The molecule has 0 aliphatic rings. The van der Waals surface area contributed by atoms with E-state index in [2.05, 4.69) is 6.58 Å². The Morgan fingerprint density at radius 3 is 2.38 bits per heavy atom. The Labute approximate surface area is 95.7 Å². The maximum Gasteiger partial charge on any atom is 0.509 e. The van der Waals surface area contributed by atoms with Crippen LogP contribution in [-0.2, 0) is 9.47 Å². The molecule has 86 valence electrons. The van der Waals surface area contributed by atoms with E-state index in [1.54, 1.807) is 19.9 Å². The quantitative estimate of drug-likeness (QED) is 0.575. The van der Waals surface area contributed by atoms with Crippen LogP contribution in [0.25, 0.3) is 0 Å². The molecule has 3 nitrogen and oxygen atoms in total. The number of ether oxygens (including phenoxy) is 2. The molecule has 0 fully saturated rings. The minimum absolute atomic E-state index is 0.186. The van der Waals surface area contributed by atoms with Gasteiger partial charge < -0.3 is 9.47 Å². The van der Waals surface area contributed by atoms with Gasteiger partial charge in [0.15, 0.2) is 0 Å². The Bertz CT molecular complexity index is 343. The lowest BCUT2D eigenvalue weighted by Crippen LogP contribution is -2.15. The third kappa shape index (κ3) is 3.77. The van der Waals surface area contributed by atoms with Gasteiger partial charge in [-0.05, 0) is 25.5 Å². The first-order valence-electron chi connectivity index (χ1n) is 5.18. The highest BCUT2D eigenvalue weighted by Gasteiger charge is 2.14. The van der Waals surface area contributed by atoms with E-state index in [-0.39, 0.29) is 6.10 Å². The molecule has 0 amide bonds. The normalized spacial score (nSPS) is 11.9. The van der Waals surface area contributed by atoms with Crippen molar-refractivity contribution in [2.75, 3.05) is 0 Å². The molecule has 16 heavy (non-hydrogen) atoms. The Morgan fingerprint density at radius 2 is 1.88 bits per heavy atom. The zero-order valence-corrected chi connectivity index (χ0v) is 9.55. The molecule has 1 unspecified atom stereocenters. The lowest BCUT2D eigenvalue weighted by atomic mass is 10.1. The van der Waals surface area contributed by atoms with Crippen LogP contribution in [0.3, 0.4) is 0 Å². The minimum Gasteiger partial charge on any atom is -0.432 e. The summed E-state index contributed by atoms with van der Waals surface area (Å²) in [6.45, 7) is 7.18. The summed E-state index contributed by atoms with van der Waals surface area (Å²) in [7, 11) is 0. The van der Waals surface area contributed by atoms with Crippen LogP contribution in [0, 0.1) is 0 Å². The summed E-state index contributed by atoms with van der Waals surface area (Å²) in [5.41, 5.74) is 0.873. The summed E-state index contributed by atoms with van der Waals surface area (Å²) in [4.78, 5) is 11.3. The van der Waals surface area contributed by atoms with Gasteiger partial charge in [0.2, 0.25) is 0 Å². The van der Waals surface area contributed by atoms with E-state index in [1.165, 1.54) is 0 Å². The van der Waals surface area contributed by atoms with Crippen LogP contribution in [-0.4, -0.2) is 12.3 Å². The Kier molecular flexibility index (Phi) is 4.58. The number of carbonyl (C=O) groups excluding carboxylic acids is 1. The van der Waals surface area contributed by atoms with Gasteiger partial charge >= 0.3 is 6.16 Å². The average molecular weight is 220 g/mol. The molecule has 0 bridgehead atoms. The molecule has 0 aromatic heterocycles. The van der Waals surface area contributed by atoms with Crippen molar-refractivity contribution >= 4 is 6.16 Å². The molecule has 0 saturated heterocycles. The number of carbonyl (C=O) groups is 1. The Hall–Kier alpha value is -1.77. The molecular weight excluding hydrogens is 204 g/mol. The first-order valence-corrected chi connectivity index (χ1v) is 5.18. The SMILES string of the molecule is C=CC(OC(=O)OC(C)C)c1ccccc1. The molecule has 1 aromatic rings. The van der Waals surface area contributed by atoms with Crippen LogP contribution >= 0.6 is 0 Å². The summed E-state index contributed by atoms with van der Waals surface area (Å²) in [5.74, 6) is 0. The van der Waals surface area contributed by atoms with Crippen molar-refractivity contribution < 1.29 is 14.3 Å². The molecule has 0 radical (unpaired) electrons. The van der Waals surface area contributed by atoms with Crippen LogP contribution in [0.5, 0.6) is 0 Å². The molecule has 1 rings (SSSR count). The maximum absolute atomic E-state index is 11.3. The second-order valence-corrected chi connectivity index (χ2v) is 3.60. The van der Waals surface area contributed by atoms with Gasteiger partial charge in [-0.15, -0.1) is 0 Å². The first-order chi connectivity index (χ1) is 7.63. The molecular formula is C13H16O3. The fourth-order valence-corrected chi connectivity index (χ4v) is 1.22. The second-order valence-electron chi connectivity index (χ2n) is 3.60. The van der Waals surface area contributed by atoms with Gasteiger partial charge in [0.05, 0.1) is 6.10 Å². The van der Waals surface area contributed by atoms with Crippen molar-refractivity contribution in [1.29, 1.82) is 0 Å². The highest BCUT2D eigenvalue weighted by Crippen LogP contribution is 2.18. The predicted molar refractivity (Wildman–Crippen MR) is 62.1 cm³/mol. The molecule has 0 aliphatic carbocycles. The van der Waals surface area contributed by atoms with Crippen molar-refractivity contribution in [3.8, 4) is 0 Å². The number of benzene rings is 1. The zero-order valence-electron chi connectivity index (χ0n) is 9.55. The van der Waals surface area contributed by atoms with E-state index in [0.29, 0.717) is 0 Å². The molecule has 1 aromatic carbocycles. The standard InChI is InChI=1S/C13H16O3/c1-4-12(11-8-6-5-7-9-11)16-13(14)15-10(2)3/h4-10,12H,1H2,2-3H3. The molecule has 1 atom stereocenters. The average Bonchev–Trinajstić information content (AvgIpc) is 2.26. The molecule has 0 heterocycles. The fourth-order valence-electron chi connectivity index (χ4n) is 1.22. The van der Waals surface area contributed by atoms with Crippen LogP contribution in [0.15, 0.2) is 43.0 Å². The lowest BCUT2D eigenvalue weighted by Gasteiger charge is -2.15. The van der Waals surface area contributed by atoms with Crippen LogP contribution in [0.2, 0.25) is 0 Å². The third-order valence-electron chi connectivity index (χ3n) is 1.90. The summed E-state index contributed by atoms with van der Waals surface area (Å²) < 4.78 is 10.0. The Morgan fingerprint density at radius 1 is 1.25 bits per heavy atom. The zero-order chi connectivity index (χ0) is 12.0. The molecule has 0 spiro atoms. The van der Waals surface area contributed by atoms with E-state index in [1.807, 2.05) is 30.3 Å². The molecule has 0 aliphatic heterocycles. The summed E-state index contributed by atoms with van der Waals surface area (Å²) >= 11 is 0. The van der Waals surface area contributed by atoms with Crippen molar-refractivity contribution in [2.24, 2.45) is 0 Å². The van der Waals surface area contributed by atoms with Gasteiger partial charge in [-0.3, -0.25) is 0 Å². The largest absolute Gasteiger partial charge is 0.509 e. The van der Waals surface area contributed by atoms with Crippen LogP contribution in [0.1, 0.15) is 25.5 Å². The second kappa shape index (κ2) is 5.95. The summed E-state index contributed by atoms with van der Waals surface area (Å²) in [6.07, 6.45) is 0.238. The number of rotatable bonds is 4.